The Kier molecular flexibility index (Phi) is 7.93. The number of hydrogen-bond acceptors (Lipinski definition) is 3. The van der Waals surface area contributed by atoms with Crippen LogP contribution in [0.4, 0.5) is 0 Å². The lowest BCUT2D eigenvalue weighted by atomic mass is 10.1. The molecular weight excluding hydrogens is 218 g/mol. The van der Waals surface area contributed by atoms with Crippen LogP contribution in [0.15, 0.2) is 12.2 Å². The molecule has 0 saturated carbocycles. The van der Waals surface area contributed by atoms with Crippen LogP contribution in [0.25, 0.3) is 0 Å². The highest BCUT2D eigenvalue weighted by atomic mass is 16.2. The van der Waals surface area contributed by atoms with Crippen molar-refractivity contribution in [2.24, 2.45) is 0 Å². The molecule has 0 atom stereocenters. The predicted molar refractivity (Wildman–Crippen MR) is 66.4 cm³/mol. The van der Waals surface area contributed by atoms with Crippen molar-refractivity contribution in [1.82, 2.24) is 4.90 Å². The molecule has 2 amide bonds. The van der Waals surface area contributed by atoms with Gasteiger partial charge in [0, 0.05) is 25.1 Å². The first kappa shape index (κ1) is 15.6. The summed E-state index contributed by atoms with van der Waals surface area (Å²) in [5, 5.41) is 0. The van der Waals surface area contributed by atoms with E-state index < -0.39 is 0 Å². The van der Waals surface area contributed by atoms with Crippen LogP contribution in [-0.2, 0) is 14.4 Å². The number of carbonyl (C=O) groups is 3. The Labute approximate surface area is 103 Å². The number of unbranched alkanes of at least 4 members (excludes halogenated alkanes) is 2. The van der Waals surface area contributed by atoms with E-state index in [1.165, 1.54) is 17.1 Å². The van der Waals surface area contributed by atoms with Crippen LogP contribution in [0.2, 0.25) is 0 Å². The predicted octanol–water partition coefficient (Wildman–Crippen LogP) is 2.09. The molecule has 1 heterocycles. The molecule has 0 aromatic carbocycles. The number of rotatable bonds is 6. The summed E-state index contributed by atoms with van der Waals surface area (Å²) in [5.74, 6) is -0.275. The molecule has 4 nitrogen and oxygen atoms in total. The van der Waals surface area contributed by atoms with Crippen molar-refractivity contribution in [2.45, 2.75) is 46.5 Å². The molecule has 0 aliphatic carbocycles. The lowest BCUT2D eigenvalue weighted by Gasteiger charge is -2.12. The van der Waals surface area contributed by atoms with Crippen molar-refractivity contribution in [2.75, 3.05) is 6.54 Å². The molecule has 0 fully saturated rings. The van der Waals surface area contributed by atoms with Crippen molar-refractivity contribution < 1.29 is 14.4 Å². The van der Waals surface area contributed by atoms with E-state index in [0.717, 1.165) is 19.3 Å². The first-order chi connectivity index (χ1) is 8.11. The molecule has 1 aliphatic rings. The highest BCUT2D eigenvalue weighted by Gasteiger charge is 2.21. The van der Waals surface area contributed by atoms with Gasteiger partial charge < -0.3 is 4.79 Å². The van der Waals surface area contributed by atoms with Gasteiger partial charge in [-0.2, -0.15) is 0 Å². The fourth-order valence-electron chi connectivity index (χ4n) is 1.47. The van der Waals surface area contributed by atoms with Crippen molar-refractivity contribution in [3.63, 3.8) is 0 Å². The summed E-state index contributed by atoms with van der Waals surface area (Å²) in [6, 6.07) is 0. The maximum absolute atomic E-state index is 11.1. The van der Waals surface area contributed by atoms with E-state index in [0.29, 0.717) is 13.0 Å². The monoisotopic (exact) mass is 239 g/mol. The minimum atomic E-state index is -0.230. The lowest BCUT2D eigenvalue weighted by Crippen LogP contribution is -2.30. The molecule has 0 N–H and O–H groups in total. The van der Waals surface area contributed by atoms with E-state index in [1.54, 1.807) is 6.92 Å². The zero-order valence-corrected chi connectivity index (χ0v) is 10.9. The molecule has 17 heavy (non-hydrogen) atoms. The normalized spacial score (nSPS) is 13.7. The van der Waals surface area contributed by atoms with Crippen molar-refractivity contribution >= 4 is 17.6 Å². The van der Waals surface area contributed by atoms with Crippen LogP contribution in [0.1, 0.15) is 46.5 Å². The van der Waals surface area contributed by atoms with Crippen LogP contribution in [0.3, 0.4) is 0 Å². The summed E-state index contributed by atoms with van der Waals surface area (Å²) in [4.78, 5) is 34.1. The van der Waals surface area contributed by atoms with Crippen LogP contribution >= 0.6 is 0 Å². The van der Waals surface area contributed by atoms with E-state index in [1.807, 2.05) is 13.8 Å². The second-order valence-electron chi connectivity index (χ2n) is 3.67. The molecule has 0 bridgehead atoms. The Morgan fingerprint density at radius 3 is 2.06 bits per heavy atom. The highest BCUT2D eigenvalue weighted by molar-refractivity contribution is 6.12. The maximum atomic E-state index is 11.1. The first-order valence-electron chi connectivity index (χ1n) is 6.14. The van der Waals surface area contributed by atoms with Gasteiger partial charge in [-0.1, -0.05) is 20.3 Å². The molecule has 0 aromatic rings. The Hall–Kier alpha value is -1.45. The summed E-state index contributed by atoms with van der Waals surface area (Å²) < 4.78 is 0. The zero-order chi connectivity index (χ0) is 13.3. The van der Waals surface area contributed by atoms with Gasteiger partial charge in [0.2, 0.25) is 0 Å². The van der Waals surface area contributed by atoms with Gasteiger partial charge >= 0.3 is 0 Å². The second kappa shape index (κ2) is 8.67. The average molecular weight is 239 g/mol. The minimum Gasteiger partial charge on any atom is -0.300 e. The zero-order valence-electron chi connectivity index (χ0n) is 10.9. The lowest BCUT2D eigenvalue weighted by molar-refractivity contribution is -0.136. The molecule has 0 spiro atoms. The molecule has 0 saturated heterocycles. The summed E-state index contributed by atoms with van der Waals surface area (Å²) in [5.41, 5.74) is 0. The fourth-order valence-corrected chi connectivity index (χ4v) is 1.47. The van der Waals surface area contributed by atoms with Gasteiger partial charge in [-0.15, -0.1) is 0 Å². The maximum Gasteiger partial charge on any atom is 0.253 e. The summed E-state index contributed by atoms with van der Waals surface area (Å²) in [6.45, 7) is 6.03. The third kappa shape index (κ3) is 6.00. The number of ketones is 1. The summed E-state index contributed by atoms with van der Waals surface area (Å²) in [7, 11) is 0. The number of imide groups is 1. The molecule has 4 heteroatoms. The second-order valence-corrected chi connectivity index (χ2v) is 3.67. The summed E-state index contributed by atoms with van der Waals surface area (Å²) >= 11 is 0. The van der Waals surface area contributed by atoms with Crippen LogP contribution in [-0.4, -0.2) is 29.0 Å². The average Bonchev–Trinajstić information content (AvgIpc) is 2.62. The van der Waals surface area contributed by atoms with Gasteiger partial charge in [-0.3, -0.25) is 14.5 Å². The van der Waals surface area contributed by atoms with Gasteiger partial charge in [0.1, 0.15) is 5.78 Å². The highest BCUT2D eigenvalue weighted by Crippen LogP contribution is 2.07. The molecule has 1 rings (SSSR count). The van der Waals surface area contributed by atoms with Gasteiger partial charge in [0.05, 0.1) is 0 Å². The van der Waals surface area contributed by atoms with Gasteiger partial charge in [0.25, 0.3) is 11.8 Å². The third-order valence-corrected chi connectivity index (χ3v) is 2.31. The number of amides is 2. The van der Waals surface area contributed by atoms with E-state index in [2.05, 4.69) is 0 Å². The molecular formula is C13H21NO3. The van der Waals surface area contributed by atoms with E-state index in [4.69, 9.17) is 0 Å². The summed E-state index contributed by atoms with van der Waals surface area (Å²) in [6.07, 6.45) is 5.64. The smallest absolute Gasteiger partial charge is 0.253 e. The van der Waals surface area contributed by atoms with Crippen molar-refractivity contribution in [3.05, 3.63) is 12.2 Å². The van der Waals surface area contributed by atoms with Crippen molar-refractivity contribution in [1.29, 1.82) is 0 Å². The Morgan fingerprint density at radius 2 is 1.59 bits per heavy atom. The van der Waals surface area contributed by atoms with Gasteiger partial charge in [0.15, 0.2) is 0 Å². The van der Waals surface area contributed by atoms with Gasteiger partial charge in [-0.25, -0.2) is 0 Å². The number of carbonyl (C=O) groups excluding carboxylic acids is 3. The quantitative estimate of drug-likeness (QED) is 0.527. The fraction of sp³-hybridized carbons (Fsp3) is 0.615. The molecule has 0 radical (unpaired) electrons. The largest absolute Gasteiger partial charge is 0.300 e. The van der Waals surface area contributed by atoms with Crippen LogP contribution in [0, 0.1) is 0 Å². The van der Waals surface area contributed by atoms with E-state index in [-0.39, 0.29) is 17.6 Å². The third-order valence-electron chi connectivity index (χ3n) is 2.31. The first-order valence-corrected chi connectivity index (χ1v) is 6.14. The number of Topliss-reactive ketones (excluding diaryl/α,β-unsaturated/α-hetero) is 1. The molecule has 0 aromatic heterocycles. The molecule has 0 unspecified atom stereocenters. The SMILES string of the molecule is CC.CC(=O)CCCCCN1C(=O)C=CC1=O. The van der Waals surface area contributed by atoms with E-state index in [9.17, 15) is 14.4 Å². The van der Waals surface area contributed by atoms with Crippen LogP contribution in [0.5, 0.6) is 0 Å². The van der Waals surface area contributed by atoms with Crippen LogP contribution < -0.4 is 0 Å². The Morgan fingerprint density at radius 1 is 1.06 bits per heavy atom. The van der Waals surface area contributed by atoms with Gasteiger partial charge in [-0.05, 0) is 19.8 Å². The Balaban J connectivity index is 0.00000121. The molecule has 1 aliphatic heterocycles. The standard InChI is InChI=1S/C11H15NO3.C2H6/c1-9(13)5-3-2-4-8-12-10(14)6-7-11(12)15;1-2/h6-7H,2-5,8H2,1H3;1-2H3. The minimum absolute atomic E-state index is 0.185. The van der Waals surface area contributed by atoms with E-state index >= 15 is 0 Å². The number of hydrogen-bond donors (Lipinski definition) is 0. The molecule has 96 valence electrons. The van der Waals surface area contributed by atoms with Crippen molar-refractivity contribution in [3.8, 4) is 0 Å². The topological polar surface area (TPSA) is 54.5 Å². The Bertz CT molecular complexity index is 290. The number of nitrogens with zero attached hydrogens (tertiary/aromatic N) is 1.